The van der Waals surface area contributed by atoms with E-state index in [1.165, 1.54) is 47.0 Å². The molecule has 8 nitrogen and oxygen atoms in total. The number of nitrogens with zero attached hydrogens (tertiary/aromatic N) is 3. The first-order valence-electron chi connectivity index (χ1n) is 10.9. The van der Waals surface area contributed by atoms with Crippen molar-refractivity contribution in [3.63, 3.8) is 0 Å². The summed E-state index contributed by atoms with van der Waals surface area (Å²) >= 11 is 1.32. The van der Waals surface area contributed by atoms with Crippen molar-refractivity contribution in [1.29, 1.82) is 0 Å². The van der Waals surface area contributed by atoms with Crippen LogP contribution in [-0.2, 0) is 26.1 Å². The summed E-state index contributed by atoms with van der Waals surface area (Å²) in [6.45, 7) is 9.43. The molecule has 0 unspecified atom stereocenters. The fourth-order valence-corrected chi connectivity index (χ4v) is 5.90. The second-order valence-electron chi connectivity index (χ2n) is 8.26. The van der Waals surface area contributed by atoms with Crippen molar-refractivity contribution in [1.82, 2.24) is 8.87 Å². The molecule has 34 heavy (non-hydrogen) atoms. The standard InChI is InChI=1S/C24H29N3O5S2/c1-7-32-21(28)14-27-20-13-16(4)12-17(5)22(20)33-24(27)25-23(29)18-8-10-19(11-9-18)34(30,31)26(6)15(2)3/h8-13,15H,7,14H2,1-6H3. The highest BCUT2D eigenvalue weighted by Crippen LogP contribution is 2.24. The maximum atomic E-state index is 13.0. The molecule has 1 heterocycles. The summed E-state index contributed by atoms with van der Waals surface area (Å²) < 4.78 is 34.4. The van der Waals surface area contributed by atoms with E-state index in [0.717, 1.165) is 21.3 Å². The smallest absolute Gasteiger partial charge is 0.326 e. The Kier molecular flexibility index (Phi) is 7.74. The molecule has 3 aromatic rings. The van der Waals surface area contributed by atoms with Crippen LogP contribution in [-0.4, -0.2) is 48.9 Å². The zero-order chi connectivity index (χ0) is 25.2. The third kappa shape index (κ3) is 5.29. The monoisotopic (exact) mass is 503 g/mol. The lowest BCUT2D eigenvalue weighted by Gasteiger charge is -2.20. The molecule has 0 atom stereocenters. The predicted molar refractivity (Wildman–Crippen MR) is 132 cm³/mol. The van der Waals surface area contributed by atoms with E-state index in [9.17, 15) is 18.0 Å². The van der Waals surface area contributed by atoms with Crippen LogP contribution in [0.3, 0.4) is 0 Å². The van der Waals surface area contributed by atoms with Gasteiger partial charge in [0.05, 0.1) is 21.7 Å². The number of fused-ring (bicyclic) bond motifs is 1. The number of thiazole rings is 1. The predicted octanol–water partition coefficient (Wildman–Crippen LogP) is 3.65. The van der Waals surface area contributed by atoms with Crippen molar-refractivity contribution < 1.29 is 22.7 Å². The summed E-state index contributed by atoms with van der Waals surface area (Å²) in [4.78, 5) is 30.0. The van der Waals surface area contributed by atoms with Gasteiger partial charge in [-0.05, 0) is 76.1 Å². The zero-order valence-electron chi connectivity index (χ0n) is 20.2. The molecule has 0 aliphatic carbocycles. The van der Waals surface area contributed by atoms with E-state index >= 15 is 0 Å². The van der Waals surface area contributed by atoms with Crippen molar-refractivity contribution >= 4 is 43.5 Å². The van der Waals surface area contributed by atoms with Crippen LogP contribution in [0.1, 0.15) is 42.3 Å². The molecule has 182 valence electrons. The molecular weight excluding hydrogens is 474 g/mol. The Bertz CT molecular complexity index is 1400. The van der Waals surface area contributed by atoms with Crippen LogP contribution in [0.5, 0.6) is 0 Å². The summed E-state index contributed by atoms with van der Waals surface area (Å²) in [6, 6.07) is 9.50. The average Bonchev–Trinajstić information content (AvgIpc) is 3.10. The molecule has 0 spiro atoms. The summed E-state index contributed by atoms with van der Waals surface area (Å²) in [5.41, 5.74) is 3.11. The van der Waals surface area contributed by atoms with E-state index in [-0.39, 0.29) is 29.7 Å². The maximum Gasteiger partial charge on any atom is 0.326 e. The summed E-state index contributed by atoms with van der Waals surface area (Å²) in [7, 11) is -2.14. The number of hydrogen-bond donors (Lipinski definition) is 0. The highest BCUT2D eigenvalue weighted by atomic mass is 32.2. The van der Waals surface area contributed by atoms with E-state index in [2.05, 4.69) is 4.99 Å². The second-order valence-corrected chi connectivity index (χ2v) is 11.2. The van der Waals surface area contributed by atoms with Gasteiger partial charge in [0.1, 0.15) is 6.54 Å². The number of benzene rings is 2. The molecule has 0 bridgehead atoms. The van der Waals surface area contributed by atoms with Crippen molar-refractivity contribution in [2.24, 2.45) is 4.99 Å². The fraction of sp³-hybridized carbons (Fsp3) is 0.375. The van der Waals surface area contributed by atoms with Gasteiger partial charge in [-0.15, -0.1) is 0 Å². The van der Waals surface area contributed by atoms with E-state index < -0.39 is 21.9 Å². The number of carbonyl (C=O) groups excluding carboxylic acids is 2. The fourth-order valence-electron chi connectivity index (χ4n) is 3.45. The molecule has 2 aromatic carbocycles. The van der Waals surface area contributed by atoms with Crippen molar-refractivity contribution in [2.45, 2.75) is 52.1 Å². The first-order valence-corrected chi connectivity index (χ1v) is 13.1. The first-order chi connectivity index (χ1) is 15.9. The molecule has 0 radical (unpaired) electrons. The van der Waals surface area contributed by atoms with Gasteiger partial charge in [-0.3, -0.25) is 9.59 Å². The van der Waals surface area contributed by atoms with Gasteiger partial charge in [0.25, 0.3) is 5.91 Å². The van der Waals surface area contributed by atoms with Crippen LogP contribution < -0.4 is 4.80 Å². The topological polar surface area (TPSA) is 98.0 Å². The average molecular weight is 504 g/mol. The molecule has 1 aromatic heterocycles. The van der Waals surface area contributed by atoms with Gasteiger partial charge in [-0.1, -0.05) is 17.4 Å². The molecule has 0 saturated carbocycles. The lowest BCUT2D eigenvalue weighted by atomic mass is 10.1. The molecule has 0 fully saturated rings. The normalized spacial score (nSPS) is 12.6. The van der Waals surface area contributed by atoms with E-state index in [0.29, 0.717) is 4.80 Å². The molecule has 0 aliphatic heterocycles. The maximum absolute atomic E-state index is 13.0. The van der Waals surface area contributed by atoms with Crippen LogP contribution in [0, 0.1) is 13.8 Å². The highest BCUT2D eigenvalue weighted by molar-refractivity contribution is 7.89. The van der Waals surface area contributed by atoms with Gasteiger partial charge in [0.2, 0.25) is 10.0 Å². The Balaban J connectivity index is 2.04. The number of carbonyl (C=O) groups is 2. The molecule has 0 saturated heterocycles. The van der Waals surface area contributed by atoms with Crippen molar-refractivity contribution in [3.8, 4) is 0 Å². The van der Waals surface area contributed by atoms with Crippen molar-refractivity contribution in [3.05, 3.63) is 57.9 Å². The molecular formula is C24H29N3O5S2. The van der Waals surface area contributed by atoms with Crippen LogP contribution >= 0.6 is 11.3 Å². The number of rotatable bonds is 7. The van der Waals surface area contributed by atoms with Gasteiger partial charge < -0.3 is 9.30 Å². The third-order valence-electron chi connectivity index (χ3n) is 5.41. The van der Waals surface area contributed by atoms with Gasteiger partial charge in [0, 0.05) is 18.7 Å². The lowest BCUT2D eigenvalue weighted by molar-refractivity contribution is -0.143. The number of amides is 1. The number of ether oxygens (including phenoxy) is 1. The molecule has 0 aliphatic rings. The minimum Gasteiger partial charge on any atom is -0.465 e. The highest BCUT2D eigenvalue weighted by Gasteiger charge is 2.23. The second kappa shape index (κ2) is 10.2. The Labute approximate surface area is 203 Å². The molecule has 10 heteroatoms. The zero-order valence-corrected chi connectivity index (χ0v) is 21.8. The Morgan fingerprint density at radius 3 is 2.38 bits per heavy atom. The van der Waals surface area contributed by atoms with Crippen LogP contribution in [0.2, 0.25) is 0 Å². The summed E-state index contributed by atoms with van der Waals surface area (Å²) in [5.74, 6) is -0.946. The van der Waals surface area contributed by atoms with Crippen LogP contribution in [0.25, 0.3) is 10.2 Å². The Morgan fingerprint density at radius 2 is 1.79 bits per heavy atom. The quantitative estimate of drug-likeness (QED) is 0.459. The largest absolute Gasteiger partial charge is 0.465 e. The molecule has 1 amide bonds. The minimum absolute atomic E-state index is 0.0679. The number of aromatic nitrogens is 1. The van der Waals surface area contributed by atoms with Gasteiger partial charge in [-0.2, -0.15) is 9.30 Å². The van der Waals surface area contributed by atoms with E-state index in [4.69, 9.17) is 4.74 Å². The third-order valence-corrected chi connectivity index (χ3v) is 8.69. The van der Waals surface area contributed by atoms with Gasteiger partial charge in [-0.25, -0.2) is 8.42 Å². The summed E-state index contributed by atoms with van der Waals surface area (Å²) in [5, 5.41) is 0. The SMILES string of the molecule is CCOC(=O)Cn1c(=NC(=O)c2ccc(S(=O)(=O)N(C)C(C)C)cc2)sc2c(C)cc(C)cc21. The number of aryl methyl sites for hydroxylation is 2. The van der Waals surface area contributed by atoms with E-state index in [1.54, 1.807) is 25.3 Å². The van der Waals surface area contributed by atoms with Gasteiger partial charge in [0.15, 0.2) is 4.80 Å². The number of hydrogen-bond acceptors (Lipinski definition) is 6. The first kappa shape index (κ1) is 25.8. The van der Waals surface area contributed by atoms with Crippen LogP contribution in [0.15, 0.2) is 46.3 Å². The Morgan fingerprint density at radius 1 is 1.15 bits per heavy atom. The van der Waals surface area contributed by atoms with Gasteiger partial charge >= 0.3 is 5.97 Å². The van der Waals surface area contributed by atoms with Crippen LogP contribution in [0.4, 0.5) is 0 Å². The lowest BCUT2D eigenvalue weighted by Crippen LogP contribution is -2.33. The number of esters is 1. The Hall–Kier alpha value is -2.82. The molecule has 0 N–H and O–H groups in total. The molecule has 3 rings (SSSR count). The van der Waals surface area contributed by atoms with E-state index in [1.807, 2.05) is 26.0 Å². The minimum atomic E-state index is -3.65. The van der Waals surface area contributed by atoms with Crippen molar-refractivity contribution in [2.75, 3.05) is 13.7 Å². The number of sulfonamides is 1. The summed E-state index contributed by atoms with van der Waals surface area (Å²) in [6.07, 6.45) is 0.